The van der Waals surface area contributed by atoms with Crippen molar-refractivity contribution in [2.24, 2.45) is 0 Å². The standard InChI is InChI=1S/C6H12O3.C4H10O/c1-3-4-5(9-2)6(7)8;1-2-3-4-5/h5H,3-4H2,1-2H3,(H,7,8);5H,2-4H2,1H3. The zero-order valence-electron chi connectivity index (χ0n) is 9.32. The van der Waals surface area contributed by atoms with Gasteiger partial charge >= 0.3 is 5.97 Å². The molecule has 0 rings (SSSR count). The molecule has 0 aromatic rings. The average Bonchev–Trinajstić information content (AvgIpc) is 2.16. The fourth-order valence-corrected chi connectivity index (χ4v) is 0.762. The van der Waals surface area contributed by atoms with Crippen molar-refractivity contribution in [2.45, 2.75) is 45.6 Å². The number of hydrogen-bond acceptors (Lipinski definition) is 3. The summed E-state index contributed by atoms with van der Waals surface area (Å²) in [5.41, 5.74) is 0. The first kappa shape index (κ1) is 15.8. The van der Waals surface area contributed by atoms with Crippen molar-refractivity contribution >= 4 is 5.97 Å². The van der Waals surface area contributed by atoms with Gasteiger partial charge in [-0.25, -0.2) is 4.79 Å². The molecule has 0 heterocycles. The van der Waals surface area contributed by atoms with E-state index in [1.54, 1.807) is 0 Å². The minimum absolute atomic E-state index is 0.344. The third kappa shape index (κ3) is 11.4. The number of carboxylic acids is 1. The van der Waals surface area contributed by atoms with Crippen molar-refractivity contribution in [1.82, 2.24) is 0 Å². The van der Waals surface area contributed by atoms with Crippen molar-refractivity contribution in [1.29, 1.82) is 0 Å². The zero-order valence-corrected chi connectivity index (χ0v) is 9.32. The molecule has 0 saturated heterocycles. The number of ether oxygens (including phenoxy) is 1. The van der Waals surface area contributed by atoms with Crippen LogP contribution in [0.1, 0.15) is 39.5 Å². The van der Waals surface area contributed by atoms with Crippen molar-refractivity contribution < 1.29 is 19.7 Å². The molecule has 14 heavy (non-hydrogen) atoms. The third-order valence-electron chi connectivity index (χ3n) is 1.62. The number of aliphatic hydroxyl groups is 1. The van der Waals surface area contributed by atoms with Crippen molar-refractivity contribution in [3.8, 4) is 0 Å². The number of hydrogen-bond donors (Lipinski definition) is 2. The summed E-state index contributed by atoms with van der Waals surface area (Å²) in [5, 5.41) is 16.4. The highest BCUT2D eigenvalue weighted by molar-refractivity contribution is 5.72. The van der Waals surface area contributed by atoms with Gasteiger partial charge in [0.05, 0.1) is 0 Å². The van der Waals surface area contributed by atoms with Gasteiger partial charge in [0.25, 0.3) is 0 Å². The molecule has 0 saturated carbocycles. The maximum Gasteiger partial charge on any atom is 0.332 e. The van der Waals surface area contributed by atoms with Gasteiger partial charge in [0.1, 0.15) is 0 Å². The fourth-order valence-electron chi connectivity index (χ4n) is 0.762. The number of aliphatic carboxylic acids is 1. The van der Waals surface area contributed by atoms with Gasteiger partial charge in [0, 0.05) is 13.7 Å². The summed E-state index contributed by atoms with van der Waals surface area (Å²) in [6.45, 7) is 4.32. The molecule has 0 spiro atoms. The molecule has 4 heteroatoms. The average molecular weight is 206 g/mol. The molecule has 0 bridgehead atoms. The first-order chi connectivity index (χ1) is 6.63. The molecular formula is C10H22O4. The van der Waals surface area contributed by atoms with Gasteiger partial charge in [-0.15, -0.1) is 0 Å². The Morgan fingerprint density at radius 1 is 1.36 bits per heavy atom. The van der Waals surface area contributed by atoms with Gasteiger partial charge < -0.3 is 14.9 Å². The van der Waals surface area contributed by atoms with Crippen LogP contribution in [-0.2, 0) is 9.53 Å². The van der Waals surface area contributed by atoms with Crippen molar-refractivity contribution in [2.75, 3.05) is 13.7 Å². The molecule has 0 fully saturated rings. The zero-order chi connectivity index (χ0) is 11.4. The quantitative estimate of drug-likeness (QED) is 0.693. The van der Waals surface area contributed by atoms with E-state index in [1.807, 2.05) is 6.92 Å². The first-order valence-electron chi connectivity index (χ1n) is 5.00. The third-order valence-corrected chi connectivity index (χ3v) is 1.62. The smallest absolute Gasteiger partial charge is 0.332 e. The molecule has 1 atom stereocenters. The molecule has 0 aliphatic rings. The lowest BCUT2D eigenvalue weighted by atomic mass is 10.2. The van der Waals surface area contributed by atoms with E-state index in [0.29, 0.717) is 13.0 Å². The SMILES string of the molecule is CCCC(OC)C(=O)O.CCCCO. The highest BCUT2D eigenvalue weighted by Crippen LogP contribution is 1.99. The van der Waals surface area contributed by atoms with Crippen LogP contribution in [0.25, 0.3) is 0 Å². The molecule has 2 N–H and O–H groups in total. The Morgan fingerprint density at radius 3 is 2.00 bits per heavy atom. The number of unbranched alkanes of at least 4 members (excludes halogenated alkanes) is 1. The normalized spacial score (nSPS) is 11.4. The Hall–Kier alpha value is -0.610. The molecular weight excluding hydrogens is 184 g/mol. The van der Waals surface area contributed by atoms with Crippen LogP contribution in [0.15, 0.2) is 0 Å². The maximum atomic E-state index is 10.2. The highest BCUT2D eigenvalue weighted by atomic mass is 16.5. The summed E-state index contributed by atoms with van der Waals surface area (Å²) in [4.78, 5) is 10.2. The molecule has 4 nitrogen and oxygen atoms in total. The number of aliphatic hydroxyl groups excluding tert-OH is 1. The van der Waals surface area contributed by atoms with E-state index in [1.165, 1.54) is 7.11 Å². The molecule has 0 aromatic heterocycles. The second kappa shape index (κ2) is 12.4. The topological polar surface area (TPSA) is 66.8 Å². The molecule has 0 radical (unpaired) electrons. The monoisotopic (exact) mass is 206 g/mol. The largest absolute Gasteiger partial charge is 0.479 e. The first-order valence-corrected chi connectivity index (χ1v) is 5.00. The molecule has 0 amide bonds. The van der Waals surface area contributed by atoms with Gasteiger partial charge in [-0.05, 0) is 12.8 Å². The fraction of sp³-hybridized carbons (Fsp3) is 0.900. The molecule has 86 valence electrons. The predicted molar refractivity (Wildman–Crippen MR) is 55.3 cm³/mol. The lowest BCUT2D eigenvalue weighted by molar-refractivity contribution is -0.148. The lowest BCUT2D eigenvalue weighted by Crippen LogP contribution is -2.21. The summed E-state index contributed by atoms with van der Waals surface area (Å²) in [6, 6.07) is 0. The lowest BCUT2D eigenvalue weighted by Gasteiger charge is -2.06. The van der Waals surface area contributed by atoms with Crippen LogP contribution in [0.3, 0.4) is 0 Å². The summed E-state index contributed by atoms with van der Waals surface area (Å²) in [6.07, 6.45) is 2.85. The van der Waals surface area contributed by atoms with E-state index >= 15 is 0 Å². The number of carbonyl (C=O) groups is 1. The van der Waals surface area contributed by atoms with Crippen LogP contribution >= 0.6 is 0 Å². The van der Waals surface area contributed by atoms with Gasteiger partial charge in [-0.1, -0.05) is 26.7 Å². The number of methoxy groups -OCH3 is 1. The van der Waals surface area contributed by atoms with Crippen molar-refractivity contribution in [3.63, 3.8) is 0 Å². The number of carboxylic acid groups (broad SMARTS) is 1. The van der Waals surface area contributed by atoms with Gasteiger partial charge in [-0.2, -0.15) is 0 Å². The van der Waals surface area contributed by atoms with E-state index in [-0.39, 0.29) is 0 Å². The second-order valence-corrected chi connectivity index (χ2v) is 2.93. The summed E-state index contributed by atoms with van der Waals surface area (Å²) >= 11 is 0. The van der Waals surface area contributed by atoms with Gasteiger partial charge in [-0.3, -0.25) is 0 Å². The minimum atomic E-state index is -0.876. The van der Waals surface area contributed by atoms with E-state index in [2.05, 4.69) is 11.7 Å². The Labute approximate surface area is 85.9 Å². The van der Waals surface area contributed by atoms with E-state index in [0.717, 1.165) is 19.3 Å². The van der Waals surface area contributed by atoms with Crippen LogP contribution in [0.2, 0.25) is 0 Å². The van der Waals surface area contributed by atoms with E-state index in [9.17, 15) is 4.79 Å². The van der Waals surface area contributed by atoms with Crippen molar-refractivity contribution in [3.05, 3.63) is 0 Å². The van der Waals surface area contributed by atoms with Gasteiger partial charge in [0.2, 0.25) is 0 Å². The Balaban J connectivity index is 0. The van der Waals surface area contributed by atoms with Crippen LogP contribution < -0.4 is 0 Å². The summed E-state index contributed by atoms with van der Waals surface area (Å²) in [5.74, 6) is -0.876. The van der Waals surface area contributed by atoms with Crippen LogP contribution in [0.5, 0.6) is 0 Å². The van der Waals surface area contributed by atoms with Gasteiger partial charge in [0.15, 0.2) is 6.10 Å². The highest BCUT2D eigenvalue weighted by Gasteiger charge is 2.13. The minimum Gasteiger partial charge on any atom is -0.479 e. The number of rotatable bonds is 6. The Bertz CT molecular complexity index is 123. The van der Waals surface area contributed by atoms with Crippen LogP contribution in [-0.4, -0.2) is 36.0 Å². The Morgan fingerprint density at radius 2 is 1.93 bits per heavy atom. The summed E-state index contributed by atoms with van der Waals surface area (Å²) < 4.78 is 4.65. The molecule has 0 aliphatic carbocycles. The van der Waals surface area contributed by atoms with Crippen LogP contribution in [0.4, 0.5) is 0 Å². The molecule has 0 aromatic carbocycles. The predicted octanol–water partition coefficient (Wildman–Crippen LogP) is 1.66. The maximum absolute atomic E-state index is 10.2. The molecule has 0 aliphatic heterocycles. The molecule has 1 unspecified atom stereocenters. The Kier molecular flexibility index (Phi) is 14.0. The van der Waals surface area contributed by atoms with Crippen LogP contribution in [0, 0.1) is 0 Å². The van der Waals surface area contributed by atoms with E-state index < -0.39 is 12.1 Å². The summed E-state index contributed by atoms with van der Waals surface area (Å²) in [7, 11) is 1.41. The van der Waals surface area contributed by atoms with E-state index in [4.69, 9.17) is 10.2 Å². The second-order valence-electron chi connectivity index (χ2n) is 2.93.